The molecule has 2 nitrogen and oxygen atoms in total. The lowest BCUT2D eigenvalue weighted by Crippen LogP contribution is -2.43. The van der Waals surface area contributed by atoms with Gasteiger partial charge in [-0.05, 0) is 33.2 Å². The molecule has 0 aromatic rings. The van der Waals surface area contributed by atoms with Crippen molar-refractivity contribution in [1.82, 2.24) is 5.32 Å². The van der Waals surface area contributed by atoms with Gasteiger partial charge in [0.05, 0.1) is 6.10 Å². The molecule has 72 valence electrons. The van der Waals surface area contributed by atoms with E-state index in [0.29, 0.717) is 12.0 Å². The highest BCUT2D eigenvalue weighted by molar-refractivity contribution is 4.98. The number of hydrogen-bond donors (Lipinski definition) is 1. The van der Waals surface area contributed by atoms with Crippen LogP contribution in [-0.4, -0.2) is 25.3 Å². The van der Waals surface area contributed by atoms with E-state index >= 15 is 0 Å². The lowest BCUT2D eigenvalue weighted by molar-refractivity contribution is 0.0306. The maximum Gasteiger partial charge on any atom is 0.0591 e. The van der Waals surface area contributed by atoms with Gasteiger partial charge in [0.2, 0.25) is 0 Å². The molecule has 1 N–H and O–H groups in total. The maximum absolute atomic E-state index is 5.40. The molecule has 1 heterocycles. The SMILES string of the molecule is COC(C)C1C(C)CNC1(C)C. The summed E-state index contributed by atoms with van der Waals surface area (Å²) in [6, 6.07) is 0. The molecule has 2 heteroatoms. The van der Waals surface area contributed by atoms with E-state index in [-0.39, 0.29) is 5.54 Å². The first-order chi connectivity index (χ1) is 5.49. The van der Waals surface area contributed by atoms with Crippen LogP contribution in [0.5, 0.6) is 0 Å². The predicted octanol–water partition coefficient (Wildman–Crippen LogP) is 1.66. The Hall–Kier alpha value is -0.0800. The molecule has 0 saturated carbocycles. The van der Waals surface area contributed by atoms with Gasteiger partial charge in [-0.15, -0.1) is 0 Å². The second-order valence-electron chi connectivity index (χ2n) is 4.55. The number of methoxy groups -OCH3 is 1. The van der Waals surface area contributed by atoms with Crippen LogP contribution >= 0.6 is 0 Å². The Morgan fingerprint density at radius 3 is 2.42 bits per heavy atom. The smallest absolute Gasteiger partial charge is 0.0591 e. The Morgan fingerprint density at radius 1 is 1.50 bits per heavy atom. The van der Waals surface area contributed by atoms with E-state index in [0.717, 1.165) is 12.5 Å². The van der Waals surface area contributed by atoms with Crippen LogP contribution in [0, 0.1) is 11.8 Å². The van der Waals surface area contributed by atoms with E-state index in [1.165, 1.54) is 0 Å². The van der Waals surface area contributed by atoms with E-state index in [2.05, 4.69) is 33.0 Å². The molecule has 3 unspecified atom stereocenters. The third-order valence-corrected chi connectivity index (χ3v) is 3.20. The average Bonchev–Trinajstić information content (AvgIpc) is 2.25. The van der Waals surface area contributed by atoms with Crippen molar-refractivity contribution in [1.29, 1.82) is 0 Å². The van der Waals surface area contributed by atoms with Gasteiger partial charge in [-0.1, -0.05) is 6.92 Å². The predicted molar refractivity (Wildman–Crippen MR) is 51.2 cm³/mol. The van der Waals surface area contributed by atoms with Crippen LogP contribution < -0.4 is 5.32 Å². The van der Waals surface area contributed by atoms with Gasteiger partial charge in [-0.2, -0.15) is 0 Å². The first-order valence-corrected chi connectivity index (χ1v) is 4.77. The fourth-order valence-corrected chi connectivity index (χ4v) is 2.58. The van der Waals surface area contributed by atoms with Crippen LogP contribution in [0.2, 0.25) is 0 Å². The normalized spacial score (nSPS) is 36.8. The van der Waals surface area contributed by atoms with Crippen LogP contribution in [0.3, 0.4) is 0 Å². The quantitative estimate of drug-likeness (QED) is 0.682. The minimum absolute atomic E-state index is 0.231. The van der Waals surface area contributed by atoms with Crippen LogP contribution in [0.15, 0.2) is 0 Å². The largest absolute Gasteiger partial charge is 0.381 e. The molecular formula is C10H21NO. The maximum atomic E-state index is 5.40. The van der Waals surface area contributed by atoms with Crippen molar-refractivity contribution in [2.45, 2.75) is 39.3 Å². The third-order valence-electron chi connectivity index (χ3n) is 3.20. The summed E-state index contributed by atoms with van der Waals surface area (Å²) in [5, 5.41) is 3.53. The molecule has 0 radical (unpaired) electrons. The topological polar surface area (TPSA) is 21.3 Å². The minimum atomic E-state index is 0.231. The molecule has 0 spiro atoms. The number of rotatable bonds is 2. The monoisotopic (exact) mass is 171 g/mol. The summed E-state index contributed by atoms with van der Waals surface area (Å²) in [5.41, 5.74) is 0.231. The van der Waals surface area contributed by atoms with Crippen molar-refractivity contribution in [3.05, 3.63) is 0 Å². The number of ether oxygens (including phenoxy) is 1. The second-order valence-corrected chi connectivity index (χ2v) is 4.55. The Kier molecular flexibility index (Phi) is 2.79. The lowest BCUT2D eigenvalue weighted by atomic mass is 9.80. The third kappa shape index (κ3) is 1.64. The van der Waals surface area contributed by atoms with Crippen molar-refractivity contribution in [2.24, 2.45) is 11.8 Å². The van der Waals surface area contributed by atoms with Crippen molar-refractivity contribution in [3.63, 3.8) is 0 Å². The van der Waals surface area contributed by atoms with Gasteiger partial charge in [0.15, 0.2) is 0 Å². The molecule has 1 saturated heterocycles. The summed E-state index contributed by atoms with van der Waals surface area (Å²) in [7, 11) is 1.80. The molecular weight excluding hydrogens is 150 g/mol. The number of hydrogen-bond acceptors (Lipinski definition) is 2. The fourth-order valence-electron chi connectivity index (χ4n) is 2.58. The van der Waals surface area contributed by atoms with Crippen LogP contribution in [0.25, 0.3) is 0 Å². The molecule has 1 fully saturated rings. The molecule has 3 atom stereocenters. The van der Waals surface area contributed by atoms with Gasteiger partial charge in [-0.3, -0.25) is 0 Å². The Morgan fingerprint density at radius 2 is 2.08 bits per heavy atom. The molecule has 0 aromatic carbocycles. The zero-order chi connectivity index (χ0) is 9.35. The Bertz CT molecular complexity index is 156. The average molecular weight is 171 g/mol. The van der Waals surface area contributed by atoms with Crippen molar-refractivity contribution < 1.29 is 4.74 Å². The van der Waals surface area contributed by atoms with Gasteiger partial charge in [-0.25, -0.2) is 0 Å². The van der Waals surface area contributed by atoms with E-state index in [1.807, 2.05) is 0 Å². The standard InChI is InChI=1S/C10H21NO/c1-7-6-11-10(3,4)9(7)8(2)12-5/h7-9,11H,6H2,1-5H3. The van der Waals surface area contributed by atoms with Gasteiger partial charge in [0.25, 0.3) is 0 Å². The molecule has 12 heavy (non-hydrogen) atoms. The second kappa shape index (κ2) is 3.35. The van der Waals surface area contributed by atoms with E-state index in [4.69, 9.17) is 4.74 Å². The number of nitrogens with one attached hydrogen (secondary N) is 1. The van der Waals surface area contributed by atoms with Crippen molar-refractivity contribution >= 4 is 0 Å². The summed E-state index contributed by atoms with van der Waals surface area (Å²) in [6.45, 7) is 10.1. The van der Waals surface area contributed by atoms with Gasteiger partial charge < -0.3 is 10.1 Å². The molecule has 0 amide bonds. The van der Waals surface area contributed by atoms with Crippen LogP contribution in [0.4, 0.5) is 0 Å². The Labute approximate surface area is 75.7 Å². The summed E-state index contributed by atoms with van der Waals surface area (Å²) in [6.07, 6.45) is 0.352. The van der Waals surface area contributed by atoms with E-state index < -0.39 is 0 Å². The van der Waals surface area contributed by atoms with Gasteiger partial charge >= 0.3 is 0 Å². The zero-order valence-electron chi connectivity index (χ0n) is 8.85. The highest BCUT2D eigenvalue weighted by atomic mass is 16.5. The molecule has 1 aliphatic heterocycles. The first kappa shape index (κ1) is 10.0. The highest BCUT2D eigenvalue weighted by Crippen LogP contribution is 2.34. The lowest BCUT2D eigenvalue weighted by Gasteiger charge is -2.33. The summed E-state index contributed by atoms with van der Waals surface area (Å²) < 4.78 is 5.40. The van der Waals surface area contributed by atoms with Crippen LogP contribution in [0.1, 0.15) is 27.7 Å². The van der Waals surface area contributed by atoms with E-state index in [9.17, 15) is 0 Å². The first-order valence-electron chi connectivity index (χ1n) is 4.77. The molecule has 0 aliphatic carbocycles. The highest BCUT2D eigenvalue weighted by Gasteiger charge is 2.42. The molecule has 1 aliphatic rings. The minimum Gasteiger partial charge on any atom is -0.381 e. The molecule has 1 rings (SSSR count). The summed E-state index contributed by atoms with van der Waals surface area (Å²) in [5.74, 6) is 1.34. The van der Waals surface area contributed by atoms with E-state index in [1.54, 1.807) is 7.11 Å². The van der Waals surface area contributed by atoms with Gasteiger partial charge in [0.1, 0.15) is 0 Å². The van der Waals surface area contributed by atoms with Crippen molar-refractivity contribution in [3.8, 4) is 0 Å². The fraction of sp³-hybridized carbons (Fsp3) is 1.00. The zero-order valence-corrected chi connectivity index (χ0v) is 8.85. The van der Waals surface area contributed by atoms with Crippen molar-refractivity contribution in [2.75, 3.05) is 13.7 Å². The summed E-state index contributed by atoms with van der Waals surface area (Å²) >= 11 is 0. The summed E-state index contributed by atoms with van der Waals surface area (Å²) in [4.78, 5) is 0. The van der Waals surface area contributed by atoms with Gasteiger partial charge in [0, 0.05) is 18.6 Å². The molecule has 0 aromatic heterocycles. The van der Waals surface area contributed by atoms with Crippen LogP contribution in [-0.2, 0) is 4.74 Å². The molecule has 0 bridgehead atoms. The Balaban J connectivity index is 2.71.